The molecule has 0 bridgehead atoms. The monoisotopic (exact) mass is 256 g/mol. The van der Waals surface area contributed by atoms with Gasteiger partial charge in [0.05, 0.1) is 0 Å². The molecule has 1 saturated heterocycles. The first-order valence-electron chi connectivity index (χ1n) is 5.87. The number of hydrogen-bond acceptors (Lipinski definition) is 6. The van der Waals surface area contributed by atoms with Crippen molar-refractivity contribution >= 4 is 23.5 Å². The summed E-state index contributed by atoms with van der Waals surface area (Å²) in [6, 6.07) is 0. The molecule has 7 heteroatoms. The lowest BCUT2D eigenvalue weighted by Gasteiger charge is -2.14. The molecule has 3 N–H and O–H groups in total. The summed E-state index contributed by atoms with van der Waals surface area (Å²) in [7, 11) is 0. The highest BCUT2D eigenvalue weighted by molar-refractivity contribution is 6.28. The van der Waals surface area contributed by atoms with Crippen LogP contribution in [0.5, 0.6) is 0 Å². The molecule has 0 aromatic carbocycles. The standard InChI is InChI=1S/C10H17ClN6/c11-8-14-9(12)16-10(15-8)13-4-3-7-17-5-1-2-6-17/h1-7H2,(H3,12,13,14,15,16). The second-order valence-corrected chi connectivity index (χ2v) is 4.45. The average Bonchev–Trinajstić information content (AvgIpc) is 2.76. The topological polar surface area (TPSA) is 80.0 Å². The Labute approximate surface area is 106 Å². The molecule has 2 heterocycles. The molecule has 94 valence electrons. The van der Waals surface area contributed by atoms with E-state index in [1.54, 1.807) is 0 Å². The van der Waals surface area contributed by atoms with E-state index in [4.69, 9.17) is 17.3 Å². The number of rotatable bonds is 5. The Balaban J connectivity index is 1.70. The van der Waals surface area contributed by atoms with E-state index in [0.29, 0.717) is 5.95 Å². The molecule has 1 aromatic heterocycles. The van der Waals surface area contributed by atoms with Crippen LogP contribution in [0.1, 0.15) is 19.3 Å². The van der Waals surface area contributed by atoms with Gasteiger partial charge < -0.3 is 16.0 Å². The molecule has 1 aliphatic rings. The Morgan fingerprint density at radius 1 is 1.24 bits per heavy atom. The highest BCUT2D eigenvalue weighted by atomic mass is 35.5. The SMILES string of the molecule is Nc1nc(Cl)nc(NCCCN2CCCC2)n1. The van der Waals surface area contributed by atoms with Crippen LogP contribution in [-0.2, 0) is 0 Å². The van der Waals surface area contributed by atoms with E-state index < -0.39 is 0 Å². The summed E-state index contributed by atoms with van der Waals surface area (Å²) in [6.45, 7) is 4.38. The fourth-order valence-electron chi connectivity index (χ4n) is 1.95. The van der Waals surface area contributed by atoms with E-state index >= 15 is 0 Å². The Morgan fingerprint density at radius 3 is 2.71 bits per heavy atom. The van der Waals surface area contributed by atoms with E-state index in [1.807, 2.05) is 0 Å². The van der Waals surface area contributed by atoms with Gasteiger partial charge in [0.1, 0.15) is 0 Å². The summed E-state index contributed by atoms with van der Waals surface area (Å²) in [4.78, 5) is 14.1. The largest absolute Gasteiger partial charge is 0.368 e. The summed E-state index contributed by atoms with van der Waals surface area (Å²) in [5.41, 5.74) is 5.47. The number of nitrogens with two attached hydrogens (primary N) is 1. The average molecular weight is 257 g/mol. The first kappa shape index (κ1) is 12.3. The van der Waals surface area contributed by atoms with Gasteiger partial charge in [-0.15, -0.1) is 0 Å². The Hall–Kier alpha value is -1.14. The van der Waals surface area contributed by atoms with Crippen LogP contribution in [0.3, 0.4) is 0 Å². The molecule has 1 aromatic rings. The van der Waals surface area contributed by atoms with Gasteiger partial charge in [-0.05, 0) is 50.5 Å². The molecular weight excluding hydrogens is 240 g/mol. The Morgan fingerprint density at radius 2 is 2.00 bits per heavy atom. The molecule has 0 amide bonds. The highest BCUT2D eigenvalue weighted by Gasteiger charge is 2.10. The zero-order chi connectivity index (χ0) is 12.1. The van der Waals surface area contributed by atoms with Crippen LogP contribution in [0.2, 0.25) is 5.28 Å². The van der Waals surface area contributed by atoms with Gasteiger partial charge in [0.15, 0.2) is 0 Å². The Kier molecular flexibility index (Phi) is 4.33. The highest BCUT2D eigenvalue weighted by Crippen LogP contribution is 2.08. The smallest absolute Gasteiger partial charge is 0.228 e. The second-order valence-electron chi connectivity index (χ2n) is 4.12. The Bertz CT molecular complexity index is 346. The molecule has 6 nitrogen and oxygen atoms in total. The molecule has 2 rings (SSSR count). The van der Waals surface area contributed by atoms with Crippen molar-refractivity contribution in [2.45, 2.75) is 19.3 Å². The number of likely N-dealkylation sites (tertiary alicyclic amines) is 1. The van der Waals surface area contributed by atoms with Crippen LogP contribution in [-0.4, -0.2) is 46.0 Å². The van der Waals surface area contributed by atoms with Crippen LogP contribution in [0, 0.1) is 0 Å². The summed E-state index contributed by atoms with van der Waals surface area (Å²) < 4.78 is 0. The molecule has 0 unspecified atom stereocenters. The first-order chi connectivity index (χ1) is 8.24. The predicted octanol–water partition coefficient (Wildman–Crippen LogP) is 1.00. The lowest BCUT2D eigenvalue weighted by molar-refractivity contribution is 0.337. The van der Waals surface area contributed by atoms with Gasteiger partial charge in [-0.3, -0.25) is 0 Å². The van der Waals surface area contributed by atoms with Gasteiger partial charge in [0.25, 0.3) is 0 Å². The van der Waals surface area contributed by atoms with Crippen LogP contribution in [0.25, 0.3) is 0 Å². The lowest BCUT2D eigenvalue weighted by Crippen LogP contribution is -2.22. The predicted molar refractivity (Wildman–Crippen MR) is 68.0 cm³/mol. The van der Waals surface area contributed by atoms with Gasteiger partial charge in [-0.1, -0.05) is 0 Å². The van der Waals surface area contributed by atoms with Gasteiger partial charge >= 0.3 is 0 Å². The van der Waals surface area contributed by atoms with Gasteiger partial charge in [-0.25, -0.2) is 0 Å². The van der Waals surface area contributed by atoms with Crippen molar-refractivity contribution in [3.8, 4) is 0 Å². The van der Waals surface area contributed by atoms with Crippen LogP contribution in [0.4, 0.5) is 11.9 Å². The molecule has 17 heavy (non-hydrogen) atoms. The summed E-state index contributed by atoms with van der Waals surface area (Å²) in [5.74, 6) is 0.593. The maximum absolute atomic E-state index is 5.68. The van der Waals surface area contributed by atoms with E-state index in [2.05, 4.69) is 25.2 Å². The quantitative estimate of drug-likeness (QED) is 0.766. The number of nitrogens with one attached hydrogen (secondary N) is 1. The molecule has 0 spiro atoms. The van der Waals surface area contributed by atoms with Gasteiger partial charge in [-0.2, -0.15) is 15.0 Å². The molecular formula is C10H17ClN6. The molecule has 0 radical (unpaired) electrons. The fourth-order valence-corrected chi connectivity index (χ4v) is 2.12. The van der Waals surface area contributed by atoms with E-state index in [0.717, 1.165) is 19.5 Å². The minimum Gasteiger partial charge on any atom is -0.368 e. The van der Waals surface area contributed by atoms with Crippen LogP contribution >= 0.6 is 11.6 Å². The van der Waals surface area contributed by atoms with Crippen molar-refractivity contribution in [3.05, 3.63) is 5.28 Å². The van der Waals surface area contributed by atoms with E-state index in [9.17, 15) is 0 Å². The number of anilines is 2. The fraction of sp³-hybridized carbons (Fsp3) is 0.700. The minimum atomic E-state index is 0.125. The zero-order valence-corrected chi connectivity index (χ0v) is 10.4. The molecule has 0 aliphatic carbocycles. The number of halogens is 1. The molecule has 0 saturated carbocycles. The van der Waals surface area contributed by atoms with Gasteiger partial charge in [0.2, 0.25) is 17.2 Å². The third-order valence-corrected chi connectivity index (χ3v) is 2.93. The maximum Gasteiger partial charge on any atom is 0.228 e. The van der Waals surface area contributed by atoms with Crippen LogP contribution < -0.4 is 11.1 Å². The van der Waals surface area contributed by atoms with Crippen molar-refractivity contribution in [1.82, 2.24) is 19.9 Å². The van der Waals surface area contributed by atoms with Crippen molar-refractivity contribution in [1.29, 1.82) is 0 Å². The maximum atomic E-state index is 5.68. The number of aromatic nitrogens is 3. The zero-order valence-electron chi connectivity index (χ0n) is 9.69. The third-order valence-electron chi connectivity index (χ3n) is 2.76. The van der Waals surface area contributed by atoms with E-state index in [-0.39, 0.29) is 11.2 Å². The lowest BCUT2D eigenvalue weighted by atomic mass is 10.4. The molecule has 0 atom stereocenters. The number of nitrogen functional groups attached to an aromatic ring is 1. The van der Waals surface area contributed by atoms with Crippen molar-refractivity contribution in [2.75, 3.05) is 37.2 Å². The molecule has 1 aliphatic heterocycles. The van der Waals surface area contributed by atoms with Crippen molar-refractivity contribution in [2.24, 2.45) is 0 Å². The number of nitrogens with zero attached hydrogens (tertiary/aromatic N) is 4. The van der Waals surface area contributed by atoms with Crippen molar-refractivity contribution in [3.63, 3.8) is 0 Å². The first-order valence-corrected chi connectivity index (χ1v) is 6.25. The minimum absolute atomic E-state index is 0.125. The van der Waals surface area contributed by atoms with E-state index in [1.165, 1.54) is 25.9 Å². The number of hydrogen-bond donors (Lipinski definition) is 2. The van der Waals surface area contributed by atoms with Crippen LogP contribution in [0.15, 0.2) is 0 Å². The normalized spacial score (nSPS) is 16.3. The second kappa shape index (κ2) is 5.97. The third kappa shape index (κ3) is 3.98. The summed E-state index contributed by atoms with van der Waals surface area (Å²) in [5, 5.41) is 3.22. The summed E-state index contributed by atoms with van der Waals surface area (Å²) >= 11 is 5.68. The van der Waals surface area contributed by atoms with Gasteiger partial charge in [0, 0.05) is 6.54 Å². The summed E-state index contributed by atoms with van der Waals surface area (Å²) in [6.07, 6.45) is 3.71. The van der Waals surface area contributed by atoms with Crippen molar-refractivity contribution < 1.29 is 0 Å². The molecule has 1 fully saturated rings.